The highest BCUT2D eigenvalue weighted by Crippen LogP contribution is 2.43. The van der Waals surface area contributed by atoms with Crippen molar-refractivity contribution in [2.75, 3.05) is 81.9 Å². The first kappa shape index (κ1) is 31.8. The van der Waals surface area contributed by atoms with E-state index >= 15 is 0 Å². The van der Waals surface area contributed by atoms with E-state index in [1.165, 1.54) is 0 Å². The molecule has 10 nitrogen and oxygen atoms in total. The summed E-state index contributed by atoms with van der Waals surface area (Å²) in [6.45, 7) is 6.21. The number of benzene rings is 2. The van der Waals surface area contributed by atoms with Crippen molar-refractivity contribution in [3.63, 3.8) is 0 Å². The molecule has 0 bridgehead atoms. The summed E-state index contributed by atoms with van der Waals surface area (Å²) in [4.78, 5) is 14.9. The van der Waals surface area contributed by atoms with E-state index in [-0.39, 0.29) is 0 Å². The second kappa shape index (κ2) is 14.9. The number of ether oxygens (including phenoxy) is 6. The third-order valence-electron chi connectivity index (χ3n) is 7.76. The summed E-state index contributed by atoms with van der Waals surface area (Å²) >= 11 is 3.28. The van der Waals surface area contributed by atoms with E-state index in [1.54, 1.807) is 65.3 Å². The van der Waals surface area contributed by atoms with Crippen LogP contribution in [-0.4, -0.2) is 102 Å². The second-order valence-electron chi connectivity index (χ2n) is 10.3. The highest BCUT2D eigenvalue weighted by molar-refractivity contribution is 7.13. The van der Waals surface area contributed by atoms with Crippen molar-refractivity contribution in [3.05, 3.63) is 46.4 Å². The van der Waals surface area contributed by atoms with Gasteiger partial charge in [0, 0.05) is 74.0 Å². The summed E-state index contributed by atoms with van der Waals surface area (Å²) in [5, 5.41) is 6.18. The number of aromatic nitrogens is 2. The van der Waals surface area contributed by atoms with Crippen LogP contribution in [0.4, 0.5) is 0 Å². The molecule has 0 N–H and O–H groups in total. The van der Waals surface area contributed by atoms with Crippen molar-refractivity contribution in [1.29, 1.82) is 0 Å². The van der Waals surface area contributed by atoms with Crippen LogP contribution in [0.3, 0.4) is 0 Å². The van der Waals surface area contributed by atoms with E-state index in [2.05, 4.69) is 20.6 Å². The molecule has 0 radical (unpaired) electrons. The zero-order valence-corrected chi connectivity index (χ0v) is 27.8. The highest BCUT2D eigenvalue weighted by atomic mass is 32.1. The second-order valence-corrected chi connectivity index (χ2v) is 12.0. The largest absolute Gasteiger partial charge is 0.493 e. The molecule has 1 saturated heterocycles. The van der Waals surface area contributed by atoms with E-state index in [9.17, 15) is 0 Å². The lowest BCUT2D eigenvalue weighted by atomic mass is 10.2. The van der Waals surface area contributed by atoms with Crippen LogP contribution < -0.4 is 28.4 Å². The highest BCUT2D eigenvalue weighted by Gasteiger charge is 2.20. The van der Waals surface area contributed by atoms with Gasteiger partial charge in [-0.15, -0.1) is 22.7 Å². The van der Waals surface area contributed by atoms with Gasteiger partial charge in [0.05, 0.1) is 54.0 Å². The molecule has 12 heteroatoms. The lowest BCUT2D eigenvalue weighted by molar-refractivity contribution is 0.134. The Morgan fingerprint density at radius 2 is 0.886 bits per heavy atom. The minimum Gasteiger partial charge on any atom is -0.493 e. The summed E-state index contributed by atoms with van der Waals surface area (Å²) in [7, 11) is 9.73. The van der Waals surface area contributed by atoms with Crippen LogP contribution in [0.5, 0.6) is 34.5 Å². The molecule has 0 aliphatic carbocycles. The molecule has 4 aromatic rings. The first-order chi connectivity index (χ1) is 21.5. The van der Waals surface area contributed by atoms with E-state index in [4.69, 9.17) is 38.4 Å². The molecule has 236 valence electrons. The van der Waals surface area contributed by atoms with Crippen LogP contribution in [0.25, 0.3) is 21.1 Å². The third kappa shape index (κ3) is 7.20. The SMILES string of the molecule is COc1cc(-c2nc(CCN3CCN(CCc4csc(-c5cc(OC)c(OC)c(OC)c5)n4)CC3)cs2)cc(OC)c1OC. The van der Waals surface area contributed by atoms with Gasteiger partial charge >= 0.3 is 0 Å². The van der Waals surface area contributed by atoms with Crippen LogP contribution in [0.15, 0.2) is 35.0 Å². The molecular weight excluding hydrogens is 601 g/mol. The number of hydrogen-bond donors (Lipinski definition) is 0. The number of nitrogens with zero attached hydrogens (tertiary/aromatic N) is 4. The Morgan fingerprint density at radius 3 is 1.18 bits per heavy atom. The van der Waals surface area contributed by atoms with E-state index in [1.807, 2.05) is 24.3 Å². The smallest absolute Gasteiger partial charge is 0.203 e. The summed E-state index contributed by atoms with van der Waals surface area (Å²) in [5.74, 6) is 3.69. The van der Waals surface area contributed by atoms with Gasteiger partial charge in [-0.3, -0.25) is 0 Å². The molecule has 0 saturated carbocycles. The molecule has 0 unspecified atom stereocenters. The Balaban J connectivity index is 1.10. The Hall–Kier alpha value is -3.58. The fraction of sp³-hybridized carbons (Fsp3) is 0.438. The van der Waals surface area contributed by atoms with Crippen LogP contribution >= 0.6 is 22.7 Å². The van der Waals surface area contributed by atoms with Gasteiger partial charge in [-0.2, -0.15) is 0 Å². The van der Waals surface area contributed by atoms with Gasteiger partial charge in [-0.1, -0.05) is 0 Å². The van der Waals surface area contributed by atoms with E-state index < -0.39 is 0 Å². The molecule has 1 fully saturated rings. The summed E-state index contributed by atoms with van der Waals surface area (Å²) in [6, 6.07) is 7.79. The van der Waals surface area contributed by atoms with Gasteiger partial charge in [0.15, 0.2) is 23.0 Å². The maximum absolute atomic E-state index is 5.51. The number of piperazine rings is 1. The number of hydrogen-bond acceptors (Lipinski definition) is 12. The first-order valence-electron chi connectivity index (χ1n) is 14.4. The molecule has 44 heavy (non-hydrogen) atoms. The molecule has 2 aromatic carbocycles. The predicted octanol–water partition coefficient (Wildman–Crippen LogP) is 5.39. The van der Waals surface area contributed by atoms with E-state index in [0.717, 1.165) is 84.6 Å². The third-order valence-corrected chi connectivity index (χ3v) is 9.64. The van der Waals surface area contributed by atoms with E-state index in [0.29, 0.717) is 34.5 Å². The minimum absolute atomic E-state index is 0.585. The zero-order chi connectivity index (χ0) is 31.1. The summed E-state index contributed by atoms with van der Waals surface area (Å²) in [6.07, 6.45) is 1.84. The van der Waals surface area contributed by atoms with Gasteiger partial charge in [-0.05, 0) is 24.3 Å². The Bertz CT molecular complexity index is 1370. The van der Waals surface area contributed by atoms with Crippen molar-refractivity contribution in [2.45, 2.75) is 12.8 Å². The van der Waals surface area contributed by atoms with Crippen molar-refractivity contribution in [1.82, 2.24) is 19.8 Å². The average Bonchev–Trinajstić information content (AvgIpc) is 3.75. The van der Waals surface area contributed by atoms with Gasteiger partial charge in [0.1, 0.15) is 10.0 Å². The lowest BCUT2D eigenvalue weighted by Gasteiger charge is -2.34. The Labute approximate surface area is 267 Å². The minimum atomic E-state index is 0.585. The van der Waals surface area contributed by atoms with Crippen LogP contribution in [0.1, 0.15) is 11.4 Å². The molecule has 1 aliphatic rings. The number of rotatable bonds is 14. The average molecular weight is 641 g/mol. The van der Waals surface area contributed by atoms with Crippen molar-refractivity contribution in [2.24, 2.45) is 0 Å². The molecular formula is C32H40N4O6S2. The molecule has 1 aliphatic heterocycles. The van der Waals surface area contributed by atoms with Crippen LogP contribution in [-0.2, 0) is 12.8 Å². The fourth-order valence-corrected chi connectivity index (χ4v) is 6.98. The fourth-order valence-electron chi connectivity index (χ4n) is 5.30. The monoisotopic (exact) mass is 640 g/mol. The number of thiazole rings is 2. The van der Waals surface area contributed by atoms with Gasteiger partial charge in [0.2, 0.25) is 11.5 Å². The zero-order valence-electron chi connectivity index (χ0n) is 26.2. The van der Waals surface area contributed by atoms with Crippen molar-refractivity contribution < 1.29 is 28.4 Å². The topological polar surface area (TPSA) is 87.6 Å². The predicted molar refractivity (Wildman–Crippen MR) is 175 cm³/mol. The van der Waals surface area contributed by atoms with Crippen molar-refractivity contribution >= 4 is 22.7 Å². The molecule has 0 amide bonds. The van der Waals surface area contributed by atoms with Crippen molar-refractivity contribution in [3.8, 4) is 55.6 Å². The molecule has 0 spiro atoms. The van der Waals surface area contributed by atoms with Crippen LogP contribution in [0, 0.1) is 0 Å². The summed E-state index contributed by atoms with van der Waals surface area (Å²) in [5.41, 5.74) is 4.13. The molecule has 3 heterocycles. The maximum Gasteiger partial charge on any atom is 0.203 e. The van der Waals surface area contributed by atoms with Crippen LogP contribution in [0.2, 0.25) is 0 Å². The Kier molecular flexibility index (Phi) is 10.8. The normalized spacial score (nSPS) is 14.0. The lowest BCUT2D eigenvalue weighted by Crippen LogP contribution is -2.47. The quantitative estimate of drug-likeness (QED) is 0.179. The van der Waals surface area contributed by atoms with Gasteiger partial charge in [-0.25, -0.2) is 9.97 Å². The Morgan fingerprint density at radius 1 is 0.545 bits per heavy atom. The van der Waals surface area contributed by atoms with Gasteiger partial charge < -0.3 is 38.2 Å². The first-order valence-corrected chi connectivity index (χ1v) is 16.2. The number of methoxy groups -OCH3 is 6. The standard InChI is InChI=1S/C32H40N4O6S2/c1-37-25-15-21(16-26(38-2)29(25)41-5)31-33-23(19-43-31)7-9-35-11-13-36(14-12-35)10-8-24-20-44-32(34-24)22-17-27(39-3)30(42-6)28(18-22)40-4/h15-20H,7-14H2,1-6H3. The molecule has 2 aromatic heterocycles. The molecule has 0 atom stereocenters. The van der Waals surface area contributed by atoms with Gasteiger partial charge in [0.25, 0.3) is 0 Å². The summed E-state index contributed by atoms with van der Waals surface area (Å²) < 4.78 is 33.0. The maximum atomic E-state index is 5.51. The molecule has 5 rings (SSSR count).